The molecule has 1 heterocycles. The lowest BCUT2D eigenvalue weighted by atomic mass is 10.1. The summed E-state index contributed by atoms with van der Waals surface area (Å²) in [6.45, 7) is 0. The zero-order chi connectivity index (χ0) is 11.7. The molecule has 4 nitrogen and oxygen atoms in total. The molecule has 0 spiro atoms. The molecule has 4 N–H and O–H groups in total. The van der Waals surface area contributed by atoms with Gasteiger partial charge < -0.3 is 20.8 Å². The number of nitrogens with zero attached hydrogens (tertiary/aromatic N) is 1. The molecule has 0 bridgehead atoms. The second-order valence-electron chi connectivity index (χ2n) is 3.91. The Kier molecular flexibility index (Phi) is 2.48. The molecular weight excluding hydrogens is 202 g/mol. The normalized spacial score (nSPS) is 10.4. The number of anilines is 3. The molecule has 0 amide bonds. The van der Waals surface area contributed by atoms with Crippen LogP contribution < -0.4 is 16.4 Å². The summed E-state index contributed by atoms with van der Waals surface area (Å²) in [5.41, 5.74) is 14.8. The van der Waals surface area contributed by atoms with E-state index in [0.29, 0.717) is 11.4 Å². The van der Waals surface area contributed by atoms with Crippen molar-refractivity contribution in [2.45, 2.75) is 0 Å². The van der Waals surface area contributed by atoms with Crippen LogP contribution >= 0.6 is 0 Å². The first-order valence-corrected chi connectivity index (χ1v) is 4.99. The number of nitrogen functional groups attached to an aromatic ring is 2. The molecule has 0 atom stereocenters. The van der Waals surface area contributed by atoms with Crippen molar-refractivity contribution in [1.82, 2.24) is 0 Å². The van der Waals surface area contributed by atoms with Crippen molar-refractivity contribution in [1.29, 1.82) is 0 Å². The third kappa shape index (κ3) is 1.82. The van der Waals surface area contributed by atoms with Crippen LogP contribution in [0.15, 0.2) is 34.9 Å². The van der Waals surface area contributed by atoms with Crippen molar-refractivity contribution in [2.24, 2.45) is 0 Å². The number of furan rings is 1. The van der Waals surface area contributed by atoms with Gasteiger partial charge in [-0.25, -0.2) is 0 Å². The maximum atomic E-state index is 5.88. The zero-order valence-electron chi connectivity index (χ0n) is 9.40. The Hall–Kier alpha value is -2.10. The van der Waals surface area contributed by atoms with Crippen LogP contribution in [-0.4, -0.2) is 14.1 Å². The fraction of sp³-hybridized carbons (Fsp3) is 0.167. The van der Waals surface area contributed by atoms with Crippen molar-refractivity contribution in [2.75, 3.05) is 30.5 Å². The quantitative estimate of drug-likeness (QED) is 0.756. The standard InChI is InChI=1S/C12H15N3O/c1-15(2)9-6-12(16-7-9)10-5-8(13)3-4-11(10)14/h3-7H,13-14H2,1-2H3. The van der Waals surface area contributed by atoms with Crippen molar-refractivity contribution < 1.29 is 4.42 Å². The number of nitrogens with two attached hydrogens (primary N) is 2. The largest absolute Gasteiger partial charge is 0.462 e. The van der Waals surface area contributed by atoms with Crippen LogP contribution in [0.1, 0.15) is 0 Å². The lowest BCUT2D eigenvalue weighted by Crippen LogP contribution is -2.06. The monoisotopic (exact) mass is 217 g/mol. The van der Waals surface area contributed by atoms with Gasteiger partial charge in [0, 0.05) is 37.1 Å². The minimum absolute atomic E-state index is 0.661. The number of hydrogen-bond acceptors (Lipinski definition) is 4. The SMILES string of the molecule is CN(C)c1coc(-c2cc(N)ccc2N)c1. The number of rotatable bonds is 2. The van der Waals surface area contributed by atoms with Gasteiger partial charge in [-0.2, -0.15) is 0 Å². The molecule has 1 aromatic carbocycles. The molecule has 0 radical (unpaired) electrons. The first-order chi connectivity index (χ1) is 7.58. The average molecular weight is 217 g/mol. The highest BCUT2D eigenvalue weighted by atomic mass is 16.3. The molecule has 0 saturated carbocycles. The van der Waals surface area contributed by atoms with Gasteiger partial charge in [-0.05, 0) is 18.2 Å². The predicted molar refractivity (Wildman–Crippen MR) is 67.3 cm³/mol. The van der Waals surface area contributed by atoms with Crippen LogP contribution in [0.2, 0.25) is 0 Å². The van der Waals surface area contributed by atoms with Gasteiger partial charge in [0.1, 0.15) is 12.0 Å². The summed E-state index contributed by atoms with van der Waals surface area (Å²) in [4.78, 5) is 1.97. The highest BCUT2D eigenvalue weighted by Gasteiger charge is 2.09. The fourth-order valence-corrected chi connectivity index (χ4v) is 1.49. The van der Waals surface area contributed by atoms with E-state index in [1.54, 1.807) is 18.4 Å². The van der Waals surface area contributed by atoms with E-state index in [1.165, 1.54) is 0 Å². The minimum atomic E-state index is 0.661. The Labute approximate surface area is 94.5 Å². The van der Waals surface area contributed by atoms with Gasteiger partial charge in [-0.15, -0.1) is 0 Å². The summed E-state index contributed by atoms with van der Waals surface area (Å²) in [5, 5.41) is 0. The van der Waals surface area contributed by atoms with Gasteiger partial charge in [-0.3, -0.25) is 0 Å². The molecule has 0 saturated heterocycles. The van der Waals surface area contributed by atoms with Gasteiger partial charge in [0.2, 0.25) is 0 Å². The predicted octanol–water partition coefficient (Wildman–Crippen LogP) is 2.18. The number of hydrogen-bond donors (Lipinski definition) is 2. The van der Waals surface area contributed by atoms with Crippen LogP contribution in [0.25, 0.3) is 11.3 Å². The molecular formula is C12H15N3O. The Morgan fingerprint density at radius 3 is 2.50 bits per heavy atom. The van der Waals surface area contributed by atoms with E-state index in [1.807, 2.05) is 31.1 Å². The van der Waals surface area contributed by atoms with Gasteiger partial charge in [0.15, 0.2) is 0 Å². The lowest BCUT2D eigenvalue weighted by Gasteiger charge is -2.06. The van der Waals surface area contributed by atoms with Gasteiger partial charge in [0.05, 0.1) is 5.69 Å². The molecule has 0 unspecified atom stereocenters. The molecule has 16 heavy (non-hydrogen) atoms. The molecule has 2 rings (SSSR count). The molecule has 4 heteroatoms. The van der Waals surface area contributed by atoms with Crippen LogP contribution in [-0.2, 0) is 0 Å². The van der Waals surface area contributed by atoms with Gasteiger partial charge in [-0.1, -0.05) is 0 Å². The third-order valence-electron chi connectivity index (χ3n) is 2.44. The Bertz CT molecular complexity index is 503. The summed E-state index contributed by atoms with van der Waals surface area (Å²) in [6.07, 6.45) is 1.69. The van der Waals surface area contributed by atoms with Crippen LogP contribution in [0, 0.1) is 0 Å². The highest BCUT2D eigenvalue weighted by molar-refractivity contribution is 5.77. The first-order valence-electron chi connectivity index (χ1n) is 4.99. The molecule has 0 aliphatic rings. The van der Waals surface area contributed by atoms with E-state index in [2.05, 4.69) is 0 Å². The summed E-state index contributed by atoms with van der Waals surface area (Å²) in [6, 6.07) is 7.30. The van der Waals surface area contributed by atoms with Crippen molar-refractivity contribution in [3.63, 3.8) is 0 Å². The molecule has 0 aliphatic heterocycles. The average Bonchev–Trinajstić information content (AvgIpc) is 2.70. The van der Waals surface area contributed by atoms with Crippen molar-refractivity contribution in [3.05, 3.63) is 30.5 Å². The highest BCUT2D eigenvalue weighted by Crippen LogP contribution is 2.31. The summed E-state index contributed by atoms with van der Waals surface area (Å²) in [5.74, 6) is 0.730. The minimum Gasteiger partial charge on any atom is -0.462 e. The number of benzene rings is 1. The van der Waals surface area contributed by atoms with Crippen LogP contribution in [0.3, 0.4) is 0 Å². The first kappa shape index (κ1) is 10.4. The molecule has 84 valence electrons. The summed E-state index contributed by atoms with van der Waals surface area (Å²) in [7, 11) is 3.91. The van der Waals surface area contributed by atoms with E-state index >= 15 is 0 Å². The lowest BCUT2D eigenvalue weighted by molar-refractivity contribution is 0.582. The van der Waals surface area contributed by atoms with Gasteiger partial charge >= 0.3 is 0 Å². The Morgan fingerprint density at radius 2 is 1.88 bits per heavy atom. The summed E-state index contributed by atoms with van der Waals surface area (Å²) < 4.78 is 5.47. The summed E-state index contributed by atoms with van der Waals surface area (Å²) >= 11 is 0. The van der Waals surface area contributed by atoms with Gasteiger partial charge in [0.25, 0.3) is 0 Å². The topological polar surface area (TPSA) is 68.4 Å². The van der Waals surface area contributed by atoms with E-state index in [4.69, 9.17) is 15.9 Å². The Balaban J connectivity index is 2.46. The molecule has 2 aromatic rings. The van der Waals surface area contributed by atoms with E-state index in [-0.39, 0.29) is 0 Å². The molecule has 0 aliphatic carbocycles. The van der Waals surface area contributed by atoms with E-state index < -0.39 is 0 Å². The third-order valence-corrected chi connectivity index (χ3v) is 2.44. The second-order valence-corrected chi connectivity index (χ2v) is 3.91. The van der Waals surface area contributed by atoms with Crippen LogP contribution in [0.4, 0.5) is 17.1 Å². The zero-order valence-corrected chi connectivity index (χ0v) is 9.40. The van der Waals surface area contributed by atoms with E-state index in [0.717, 1.165) is 17.0 Å². The van der Waals surface area contributed by atoms with E-state index in [9.17, 15) is 0 Å². The maximum Gasteiger partial charge on any atom is 0.138 e. The maximum absolute atomic E-state index is 5.88. The molecule has 1 aromatic heterocycles. The van der Waals surface area contributed by atoms with Crippen LogP contribution in [0.5, 0.6) is 0 Å². The molecule has 0 fully saturated rings. The Morgan fingerprint density at radius 1 is 1.12 bits per heavy atom. The second kappa shape index (κ2) is 3.81. The fourth-order valence-electron chi connectivity index (χ4n) is 1.49. The van der Waals surface area contributed by atoms with Crippen molar-refractivity contribution in [3.8, 4) is 11.3 Å². The smallest absolute Gasteiger partial charge is 0.138 e. The van der Waals surface area contributed by atoms with Crippen molar-refractivity contribution >= 4 is 17.1 Å².